The molecule has 1 aliphatic heterocycles. The van der Waals surface area contributed by atoms with Crippen LogP contribution in [0.2, 0.25) is 0 Å². The number of carbonyl (C=O) groups excluding carboxylic acids is 1. The zero-order valence-electron chi connectivity index (χ0n) is 12.6. The summed E-state index contributed by atoms with van der Waals surface area (Å²) in [4.78, 5) is 14.4. The van der Waals surface area contributed by atoms with E-state index in [1.807, 2.05) is 35.2 Å². The van der Waals surface area contributed by atoms with Crippen molar-refractivity contribution in [1.29, 1.82) is 0 Å². The van der Waals surface area contributed by atoms with Gasteiger partial charge in [-0.05, 0) is 5.56 Å². The van der Waals surface area contributed by atoms with Gasteiger partial charge in [-0.25, -0.2) is 0 Å². The Morgan fingerprint density at radius 3 is 2.62 bits per heavy atom. The number of rotatable bonds is 9. The topological polar surface area (TPSA) is 50.8 Å². The fourth-order valence-corrected chi connectivity index (χ4v) is 2.21. The van der Waals surface area contributed by atoms with Gasteiger partial charge in [0.25, 0.3) is 0 Å². The van der Waals surface area contributed by atoms with Crippen molar-refractivity contribution in [3.63, 3.8) is 0 Å². The van der Waals surface area contributed by atoms with Gasteiger partial charge >= 0.3 is 0 Å². The van der Waals surface area contributed by atoms with Gasteiger partial charge in [0.05, 0.1) is 25.7 Å². The summed E-state index contributed by atoms with van der Waals surface area (Å²) in [5.41, 5.74) is 1.15. The molecule has 1 aromatic rings. The first-order valence-corrected chi connectivity index (χ1v) is 7.41. The monoisotopic (exact) mass is 292 g/mol. The molecule has 2 rings (SSSR count). The Kier molecular flexibility index (Phi) is 6.66. The maximum Gasteiger partial charge on any atom is 0.228 e. The van der Waals surface area contributed by atoms with Crippen molar-refractivity contribution >= 4 is 5.91 Å². The van der Waals surface area contributed by atoms with Crippen LogP contribution in [0.25, 0.3) is 0 Å². The summed E-state index contributed by atoms with van der Waals surface area (Å²) in [5, 5.41) is 3.15. The van der Waals surface area contributed by atoms with E-state index in [0.717, 1.165) is 18.7 Å². The van der Waals surface area contributed by atoms with E-state index in [4.69, 9.17) is 9.47 Å². The van der Waals surface area contributed by atoms with E-state index in [0.29, 0.717) is 32.9 Å². The predicted molar refractivity (Wildman–Crippen MR) is 80.9 cm³/mol. The molecule has 1 aromatic carbocycles. The van der Waals surface area contributed by atoms with Crippen molar-refractivity contribution in [2.24, 2.45) is 5.92 Å². The Bertz CT molecular complexity index is 421. The number of ether oxygens (including phenoxy) is 2. The van der Waals surface area contributed by atoms with Crippen molar-refractivity contribution < 1.29 is 14.3 Å². The van der Waals surface area contributed by atoms with Crippen molar-refractivity contribution in [2.75, 3.05) is 46.6 Å². The summed E-state index contributed by atoms with van der Waals surface area (Å²) in [6.07, 6.45) is 0. The van der Waals surface area contributed by atoms with Crippen LogP contribution < -0.4 is 5.32 Å². The first-order valence-electron chi connectivity index (χ1n) is 7.41. The van der Waals surface area contributed by atoms with Crippen LogP contribution in [0.4, 0.5) is 0 Å². The minimum absolute atomic E-state index is 0.118. The molecule has 5 heteroatoms. The number of methoxy groups -OCH3 is 1. The molecule has 21 heavy (non-hydrogen) atoms. The molecule has 0 unspecified atom stereocenters. The van der Waals surface area contributed by atoms with Gasteiger partial charge < -0.3 is 19.7 Å². The third kappa shape index (κ3) is 5.12. The molecule has 1 heterocycles. The lowest BCUT2D eigenvalue weighted by Crippen LogP contribution is -2.52. The second kappa shape index (κ2) is 8.77. The second-order valence-electron chi connectivity index (χ2n) is 5.21. The quantitative estimate of drug-likeness (QED) is 0.687. The number of hydrogen-bond donors (Lipinski definition) is 1. The minimum atomic E-state index is 0.118. The van der Waals surface area contributed by atoms with Crippen molar-refractivity contribution in [3.05, 3.63) is 35.9 Å². The zero-order chi connectivity index (χ0) is 14.9. The van der Waals surface area contributed by atoms with Crippen LogP contribution in [-0.4, -0.2) is 57.4 Å². The van der Waals surface area contributed by atoms with E-state index in [1.54, 1.807) is 7.11 Å². The summed E-state index contributed by atoms with van der Waals surface area (Å²) in [5.74, 6) is 0.334. The highest BCUT2D eigenvalue weighted by atomic mass is 16.5. The Hall–Kier alpha value is -1.43. The van der Waals surface area contributed by atoms with Crippen LogP contribution in [0.15, 0.2) is 30.3 Å². The minimum Gasteiger partial charge on any atom is -0.382 e. The molecular formula is C16H24N2O3. The summed E-state index contributed by atoms with van der Waals surface area (Å²) < 4.78 is 10.4. The smallest absolute Gasteiger partial charge is 0.228 e. The third-order valence-corrected chi connectivity index (χ3v) is 3.60. The molecule has 0 aromatic heterocycles. The van der Waals surface area contributed by atoms with Gasteiger partial charge in [0.15, 0.2) is 0 Å². The average Bonchev–Trinajstić information content (AvgIpc) is 2.45. The predicted octanol–water partition coefficient (Wildman–Crippen LogP) is 0.898. The van der Waals surface area contributed by atoms with Gasteiger partial charge in [0, 0.05) is 33.3 Å². The summed E-state index contributed by atoms with van der Waals surface area (Å²) in [6.45, 7) is 4.52. The Balaban J connectivity index is 1.85. The molecule has 0 saturated carbocycles. The average molecular weight is 292 g/mol. The fraction of sp³-hybridized carbons (Fsp3) is 0.562. The molecule has 0 aliphatic carbocycles. The lowest BCUT2D eigenvalue weighted by molar-refractivity contribution is -0.138. The maximum absolute atomic E-state index is 12.5. The third-order valence-electron chi connectivity index (χ3n) is 3.60. The van der Waals surface area contributed by atoms with Gasteiger partial charge in [-0.15, -0.1) is 0 Å². The van der Waals surface area contributed by atoms with Crippen molar-refractivity contribution in [2.45, 2.75) is 6.54 Å². The standard InChI is InChI=1S/C16H24N2O3/c1-20-9-10-21-8-7-18(16(19)15-11-17-12-15)13-14-5-3-2-4-6-14/h2-6,15,17H,7-13H2,1H3. The van der Waals surface area contributed by atoms with E-state index < -0.39 is 0 Å². The number of carbonyl (C=O) groups is 1. The SMILES string of the molecule is COCCOCCN(Cc1ccccc1)C(=O)C1CNC1. The van der Waals surface area contributed by atoms with Gasteiger partial charge in [0.1, 0.15) is 0 Å². The number of nitrogens with one attached hydrogen (secondary N) is 1. The molecule has 0 spiro atoms. The van der Waals surface area contributed by atoms with Gasteiger partial charge in [-0.3, -0.25) is 4.79 Å². The van der Waals surface area contributed by atoms with E-state index in [9.17, 15) is 4.79 Å². The van der Waals surface area contributed by atoms with Crippen molar-refractivity contribution in [1.82, 2.24) is 10.2 Å². The molecule has 0 bridgehead atoms. The first kappa shape index (κ1) is 15.9. The molecule has 1 N–H and O–H groups in total. The first-order chi connectivity index (χ1) is 10.3. The van der Waals surface area contributed by atoms with Crippen LogP contribution in [0.1, 0.15) is 5.56 Å². The Labute approximate surface area is 126 Å². The highest BCUT2D eigenvalue weighted by Gasteiger charge is 2.29. The number of nitrogens with zero attached hydrogens (tertiary/aromatic N) is 1. The summed E-state index contributed by atoms with van der Waals surface area (Å²) in [7, 11) is 1.65. The molecular weight excluding hydrogens is 268 g/mol. The van der Waals surface area contributed by atoms with E-state index in [2.05, 4.69) is 5.32 Å². The molecule has 116 valence electrons. The summed E-state index contributed by atoms with van der Waals surface area (Å²) >= 11 is 0. The van der Waals surface area contributed by atoms with Crippen molar-refractivity contribution in [3.8, 4) is 0 Å². The highest BCUT2D eigenvalue weighted by molar-refractivity contribution is 5.80. The second-order valence-corrected chi connectivity index (χ2v) is 5.21. The number of amides is 1. The lowest BCUT2D eigenvalue weighted by Gasteiger charge is -2.32. The largest absolute Gasteiger partial charge is 0.382 e. The lowest BCUT2D eigenvalue weighted by atomic mass is 10.0. The van der Waals surface area contributed by atoms with Crippen LogP contribution >= 0.6 is 0 Å². The highest BCUT2D eigenvalue weighted by Crippen LogP contribution is 2.12. The summed E-state index contributed by atoms with van der Waals surface area (Å²) in [6, 6.07) is 10.1. The van der Waals surface area contributed by atoms with Gasteiger partial charge in [0.2, 0.25) is 5.91 Å². The number of hydrogen-bond acceptors (Lipinski definition) is 4. The Morgan fingerprint density at radius 1 is 1.24 bits per heavy atom. The molecule has 1 fully saturated rings. The van der Waals surface area contributed by atoms with Gasteiger partial charge in [-0.2, -0.15) is 0 Å². The normalized spacial score (nSPS) is 14.7. The van der Waals surface area contributed by atoms with E-state index in [1.165, 1.54) is 0 Å². The molecule has 1 amide bonds. The zero-order valence-corrected chi connectivity index (χ0v) is 12.6. The van der Waals surface area contributed by atoms with Crippen LogP contribution in [0.5, 0.6) is 0 Å². The van der Waals surface area contributed by atoms with Crippen LogP contribution in [0.3, 0.4) is 0 Å². The van der Waals surface area contributed by atoms with Crippen LogP contribution in [-0.2, 0) is 20.8 Å². The molecule has 1 aliphatic rings. The molecule has 1 saturated heterocycles. The molecule has 0 atom stereocenters. The molecule has 0 radical (unpaired) electrons. The van der Waals surface area contributed by atoms with Gasteiger partial charge in [-0.1, -0.05) is 30.3 Å². The van der Waals surface area contributed by atoms with E-state index >= 15 is 0 Å². The number of benzene rings is 1. The van der Waals surface area contributed by atoms with Crippen LogP contribution in [0, 0.1) is 5.92 Å². The molecule has 5 nitrogen and oxygen atoms in total. The fourth-order valence-electron chi connectivity index (χ4n) is 2.21. The Morgan fingerprint density at radius 2 is 2.00 bits per heavy atom. The van der Waals surface area contributed by atoms with E-state index in [-0.39, 0.29) is 11.8 Å². The maximum atomic E-state index is 12.5.